The van der Waals surface area contributed by atoms with Gasteiger partial charge in [-0.25, -0.2) is 4.79 Å². The highest BCUT2D eigenvalue weighted by Crippen LogP contribution is 2.12. The number of hydrogen-bond acceptors (Lipinski definition) is 5. The molecule has 0 heterocycles. The lowest BCUT2D eigenvalue weighted by molar-refractivity contribution is -0.142. The maximum Gasteiger partial charge on any atom is 0.342 e. The number of carbonyl (C=O) groups excluding carboxylic acids is 2. The summed E-state index contributed by atoms with van der Waals surface area (Å²) in [5, 5.41) is 12.9. The maximum absolute atomic E-state index is 11.7. The molecule has 1 N–H and O–H groups in total. The van der Waals surface area contributed by atoms with Gasteiger partial charge in [-0.3, -0.25) is 4.79 Å². The summed E-state index contributed by atoms with van der Waals surface area (Å²) in [6.07, 6.45) is 0.822. The molecule has 0 spiro atoms. The van der Waals surface area contributed by atoms with Crippen molar-refractivity contribution in [2.75, 3.05) is 0 Å². The second-order valence-corrected chi connectivity index (χ2v) is 4.22. The van der Waals surface area contributed by atoms with E-state index in [0.717, 1.165) is 0 Å². The van der Waals surface area contributed by atoms with Gasteiger partial charge in [0, 0.05) is 11.1 Å². The van der Waals surface area contributed by atoms with Crippen LogP contribution in [0, 0.1) is 0 Å². The number of ketones is 1. The van der Waals surface area contributed by atoms with Gasteiger partial charge in [-0.2, -0.15) is 0 Å². The third kappa shape index (κ3) is 4.28. The number of phenolic OH excluding ortho intramolecular Hbond substituents is 1. The van der Waals surface area contributed by atoms with Gasteiger partial charge in [0.1, 0.15) is 12.2 Å². The van der Waals surface area contributed by atoms with Crippen molar-refractivity contribution < 1.29 is 19.5 Å². The largest absolute Gasteiger partial charge is 0.507 e. The Morgan fingerprint density at radius 3 is 2.43 bits per heavy atom. The van der Waals surface area contributed by atoms with Crippen molar-refractivity contribution in [1.29, 1.82) is 0 Å². The monoisotopic (exact) mass is 283 g/mol. The van der Waals surface area contributed by atoms with Crippen LogP contribution in [-0.4, -0.2) is 23.1 Å². The van der Waals surface area contributed by atoms with Crippen molar-refractivity contribution in [3.63, 3.8) is 0 Å². The van der Waals surface area contributed by atoms with Crippen LogP contribution < -0.4 is 0 Å². The average molecular weight is 283 g/mol. The Kier molecular flexibility index (Phi) is 4.82. The summed E-state index contributed by atoms with van der Waals surface area (Å²) >= 11 is 0. The number of benzene rings is 2. The first-order valence-corrected chi connectivity index (χ1v) is 6.26. The quantitative estimate of drug-likeness (QED) is 0.301. The molecule has 2 rings (SSSR count). The van der Waals surface area contributed by atoms with E-state index in [1.165, 1.54) is 12.3 Å². The lowest BCUT2D eigenvalue weighted by Crippen LogP contribution is -2.09. The number of Topliss-reactive ketones (excluding diaryl/α,β-unsaturated/α-hetero) is 1. The standard InChI is InChI=1S/C16H13NO4/c18-14-9-5-4-8-13(14)11-17-21-16(20)10-15(19)12-6-2-1-3-7-12/h1-9,11,18H,10H2/b17-11-. The Balaban J connectivity index is 1.88. The zero-order valence-corrected chi connectivity index (χ0v) is 11.1. The van der Waals surface area contributed by atoms with Crippen LogP contribution in [0.3, 0.4) is 0 Å². The number of oxime groups is 1. The molecule has 0 aliphatic rings. The third-order valence-corrected chi connectivity index (χ3v) is 2.68. The topological polar surface area (TPSA) is 76.0 Å². The summed E-state index contributed by atoms with van der Waals surface area (Å²) in [7, 11) is 0. The molecule has 21 heavy (non-hydrogen) atoms. The van der Waals surface area contributed by atoms with Crippen LogP contribution in [0.25, 0.3) is 0 Å². The molecule has 0 bridgehead atoms. The molecule has 0 aliphatic carbocycles. The van der Waals surface area contributed by atoms with E-state index in [4.69, 9.17) is 0 Å². The second kappa shape index (κ2) is 7.00. The molecule has 0 aliphatic heterocycles. The smallest absolute Gasteiger partial charge is 0.342 e. The zero-order chi connectivity index (χ0) is 15.1. The fourth-order valence-electron chi connectivity index (χ4n) is 1.63. The molecule has 0 fully saturated rings. The molecule has 0 aromatic heterocycles. The van der Waals surface area contributed by atoms with Gasteiger partial charge in [0.15, 0.2) is 5.78 Å². The normalized spacial score (nSPS) is 10.5. The number of para-hydroxylation sites is 1. The maximum atomic E-state index is 11.7. The highest BCUT2D eigenvalue weighted by Gasteiger charge is 2.12. The van der Waals surface area contributed by atoms with Crippen LogP contribution in [0.4, 0.5) is 0 Å². The molecule has 0 saturated heterocycles. The lowest BCUT2D eigenvalue weighted by Gasteiger charge is -1.99. The Bertz CT molecular complexity index is 665. The van der Waals surface area contributed by atoms with Gasteiger partial charge >= 0.3 is 5.97 Å². The number of carbonyl (C=O) groups is 2. The van der Waals surface area contributed by atoms with Crippen molar-refractivity contribution >= 4 is 18.0 Å². The number of nitrogens with zero attached hydrogens (tertiary/aromatic N) is 1. The fourth-order valence-corrected chi connectivity index (χ4v) is 1.63. The Hall–Kier alpha value is -2.95. The number of aromatic hydroxyl groups is 1. The molecule has 0 radical (unpaired) electrons. The van der Waals surface area contributed by atoms with Crippen LogP contribution in [0.1, 0.15) is 22.3 Å². The molecule has 5 nitrogen and oxygen atoms in total. The van der Waals surface area contributed by atoms with Gasteiger partial charge in [-0.15, -0.1) is 0 Å². The van der Waals surface area contributed by atoms with Crippen molar-refractivity contribution in [2.45, 2.75) is 6.42 Å². The van der Waals surface area contributed by atoms with Gasteiger partial charge in [0.25, 0.3) is 0 Å². The molecule has 0 atom stereocenters. The molecule has 0 amide bonds. The summed E-state index contributed by atoms with van der Waals surface area (Å²) in [5.74, 6) is -1.06. The van der Waals surface area contributed by atoms with Crippen molar-refractivity contribution in [3.8, 4) is 5.75 Å². The van der Waals surface area contributed by atoms with Crippen LogP contribution in [0.15, 0.2) is 59.8 Å². The molecule has 2 aromatic rings. The first-order valence-electron chi connectivity index (χ1n) is 6.26. The van der Waals surface area contributed by atoms with E-state index in [1.54, 1.807) is 48.5 Å². The molecular weight excluding hydrogens is 270 g/mol. The summed E-state index contributed by atoms with van der Waals surface area (Å²) in [6.45, 7) is 0. The van der Waals surface area contributed by atoms with Gasteiger partial charge in [-0.05, 0) is 12.1 Å². The summed E-state index contributed by atoms with van der Waals surface area (Å²) in [6, 6.07) is 14.9. The first kappa shape index (κ1) is 14.5. The van der Waals surface area contributed by atoms with E-state index in [2.05, 4.69) is 9.99 Å². The predicted molar refractivity (Wildman–Crippen MR) is 77.2 cm³/mol. The number of rotatable bonds is 5. The minimum Gasteiger partial charge on any atom is -0.507 e. The Labute approximate surface area is 121 Å². The van der Waals surface area contributed by atoms with Crippen LogP contribution in [0.5, 0.6) is 5.75 Å². The zero-order valence-electron chi connectivity index (χ0n) is 11.1. The SMILES string of the molecule is O=C(CC(=O)c1ccccc1)O/N=C\c1ccccc1O. The van der Waals surface area contributed by atoms with E-state index in [1.807, 2.05) is 0 Å². The van der Waals surface area contributed by atoms with Crippen molar-refractivity contribution in [3.05, 3.63) is 65.7 Å². The summed E-state index contributed by atoms with van der Waals surface area (Å²) in [5.41, 5.74) is 0.860. The minimum absolute atomic E-state index is 0.0256. The molecule has 2 aromatic carbocycles. The lowest BCUT2D eigenvalue weighted by atomic mass is 10.1. The van der Waals surface area contributed by atoms with Gasteiger partial charge in [-0.1, -0.05) is 47.6 Å². The van der Waals surface area contributed by atoms with Crippen LogP contribution in [0.2, 0.25) is 0 Å². The Morgan fingerprint density at radius 1 is 1.05 bits per heavy atom. The Morgan fingerprint density at radius 2 is 1.71 bits per heavy atom. The number of phenols is 1. The molecule has 0 saturated carbocycles. The molecule has 0 unspecified atom stereocenters. The van der Waals surface area contributed by atoms with Crippen LogP contribution in [-0.2, 0) is 9.63 Å². The van der Waals surface area contributed by atoms with E-state index in [0.29, 0.717) is 11.1 Å². The van der Waals surface area contributed by atoms with E-state index in [-0.39, 0.29) is 18.0 Å². The highest BCUT2D eigenvalue weighted by molar-refractivity contribution is 6.05. The van der Waals surface area contributed by atoms with E-state index >= 15 is 0 Å². The summed E-state index contributed by atoms with van der Waals surface area (Å²) < 4.78 is 0. The highest BCUT2D eigenvalue weighted by atomic mass is 16.7. The molecule has 5 heteroatoms. The van der Waals surface area contributed by atoms with E-state index in [9.17, 15) is 14.7 Å². The van der Waals surface area contributed by atoms with Gasteiger partial charge in [0.05, 0.1) is 6.21 Å². The minimum atomic E-state index is -0.754. The van der Waals surface area contributed by atoms with Crippen molar-refractivity contribution in [2.24, 2.45) is 5.16 Å². The molecular formula is C16H13NO4. The fraction of sp³-hybridized carbons (Fsp3) is 0.0625. The second-order valence-electron chi connectivity index (χ2n) is 4.22. The van der Waals surface area contributed by atoms with Gasteiger partial charge in [0.2, 0.25) is 0 Å². The van der Waals surface area contributed by atoms with Crippen molar-refractivity contribution in [1.82, 2.24) is 0 Å². The molecule has 106 valence electrons. The first-order chi connectivity index (χ1) is 10.2. The summed E-state index contributed by atoms with van der Waals surface area (Å²) in [4.78, 5) is 27.8. The van der Waals surface area contributed by atoms with Crippen LogP contribution >= 0.6 is 0 Å². The average Bonchev–Trinajstić information content (AvgIpc) is 2.50. The third-order valence-electron chi connectivity index (χ3n) is 2.68. The number of hydrogen-bond donors (Lipinski definition) is 1. The predicted octanol–water partition coefficient (Wildman–Crippen LogP) is 2.54. The van der Waals surface area contributed by atoms with Gasteiger partial charge < -0.3 is 9.94 Å². The van der Waals surface area contributed by atoms with E-state index < -0.39 is 5.97 Å².